The van der Waals surface area contributed by atoms with Crippen LogP contribution in [0.1, 0.15) is 35.9 Å². The highest BCUT2D eigenvalue weighted by atomic mass is 32.2. The topological polar surface area (TPSA) is 55.6 Å². The molecular weight excluding hydrogens is 304 g/mol. The van der Waals surface area contributed by atoms with Gasteiger partial charge in [0, 0.05) is 26.6 Å². The van der Waals surface area contributed by atoms with Gasteiger partial charge < -0.3 is 15.4 Å². The summed E-state index contributed by atoms with van der Waals surface area (Å²) in [6.07, 6.45) is 4.86. The highest BCUT2D eigenvalue weighted by Gasteiger charge is 2.24. The number of nitrogens with zero attached hydrogens (tertiary/aromatic N) is 1. The Labute approximate surface area is 135 Å². The van der Waals surface area contributed by atoms with Crippen LogP contribution in [0.3, 0.4) is 0 Å². The molecule has 2 N–H and O–H groups in total. The molecule has 0 spiro atoms. The molecule has 118 valence electrons. The molecular formula is C15H24N2O2S2. The normalized spacial score (nSPS) is 18.7. The summed E-state index contributed by atoms with van der Waals surface area (Å²) >= 11 is 3.15. The van der Waals surface area contributed by atoms with Crippen molar-refractivity contribution in [1.82, 2.24) is 0 Å². The van der Waals surface area contributed by atoms with Crippen molar-refractivity contribution in [3.63, 3.8) is 0 Å². The average Bonchev–Trinajstić information content (AvgIpc) is 2.84. The van der Waals surface area contributed by atoms with Crippen molar-refractivity contribution in [2.75, 3.05) is 43.7 Å². The molecule has 6 heteroatoms. The second-order valence-corrected chi connectivity index (χ2v) is 7.24. The first kappa shape index (κ1) is 16.6. The number of nitrogen functional groups attached to an aromatic ring is 1. The standard InChI is InChI=1S/C15H24N2O2S2/c1-4-11(18)13-12(16)14(20-3)15(21-13)17(2)8-10-6-5-7-19-9-10/h10H,4-9,16H2,1-3H3. The third-order valence-corrected chi connectivity index (χ3v) is 6.11. The smallest absolute Gasteiger partial charge is 0.174 e. The van der Waals surface area contributed by atoms with Crippen molar-refractivity contribution in [1.29, 1.82) is 0 Å². The molecule has 1 unspecified atom stereocenters. The third-order valence-electron chi connectivity index (χ3n) is 3.79. The van der Waals surface area contributed by atoms with E-state index in [9.17, 15) is 4.79 Å². The molecule has 0 amide bonds. The van der Waals surface area contributed by atoms with Gasteiger partial charge in [-0.15, -0.1) is 23.1 Å². The minimum atomic E-state index is 0.133. The summed E-state index contributed by atoms with van der Waals surface area (Å²) < 4.78 is 5.55. The number of hydrogen-bond acceptors (Lipinski definition) is 6. The van der Waals surface area contributed by atoms with E-state index in [0.29, 0.717) is 22.9 Å². The fourth-order valence-electron chi connectivity index (χ4n) is 2.65. The molecule has 21 heavy (non-hydrogen) atoms. The molecule has 0 aliphatic carbocycles. The lowest BCUT2D eigenvalue weighted by molar-refractivity contribution is 0.0576. The lowest BCUT2D eigenvalue weighted by Gasteiger charge is -2.28. The van der Waals surface area contributed by atoms with Crippen molar-refractivity contribution in [2.24, 2.45) is 5.92 Å². The number of rotatable bonds is 6. The van der Waals surface area contributed by atoms with Gasteiger partial charge in [-0.25, -0.2) is 0 Å². The van der Waals surface area contributed by atoms with Gasteiger partial charge in [-0.2, -0.15) is 0 Å². The largest absolute Gasteiger partial charge is 0.396 e. The maximum absolute atomic E-state index is 12.0. The number of anilines is 2. The lowest BCUT2D eigenvalue weighted by Crippen LogP contribution is -2.30. The molecule has 0 saturated carbocycles. The summed E-state index contributed by atoms with van der Waals surface area (Å²) in [4.78, 5) is 16.0. The number of ketones is 1. The number of Topliss-reactive ketones (excluding diaryl/α,β-unsaturated/α-hetero) is 1. The van der Waals surface area contributed by atoms with E-state index in [1.165, 1.54) is 17.8 Å². The van der Waals surface area contributed by atoms with E-state index in [4.69, 9.17) is 10.5 Å². The Bertz CT molecular complexity index is 496. The van der Waals surface area contributed by atoms with Crippen LogP contribution in [0.4, 0.5) is 10.7 Å². The molecule has 1 aromatic rings. The summed E-state index contributed by atoms with van der Waals surface area (Å²) in [6.45, 7) is 4.55. The predicted octanol–water partition coefficient (Wildman–Crippen LogP) is 3.51. The zero-order valence-corrected chi connectivity index (χ0v) is 14.6. The molecule has 0 aromatic carbocycles. The Morgan fingerprint density at radius 1 is 1.57 bits per heavy atom. The summed E-state index contributed by atoms with van der Waals surface area (Å²) in [5.74, 6) is 0.695. The minimum absolute atomic E-state index is 0.133. The summed E-state index contributed by atoms with van der Waals surface area (Å²) in [6, 6.07) is 0. The first-order valence-electron chi connectivity index (χ1n) is 7.36. The van der Waals surface area contributed by atoms with Crippen LogP contribution < -0.4 is 10.6 Å². The number of thioether (sulfide) groups is 1. The van der Waals surface area contributed by atoms with Crippen molar-refractivity contribution >= 4 is 39.6 Å². The number of ether oxygens (including phenoxy) is 1. The molecule has 0 bridgehead atoms. The van der Waals surface area contributed by atoms with E-state index in [-0.39, 0.29) is 5.78 Å². The van der Waals surface area contributed by atoms with Crippen LogP contribution in [0.15, 0.2) is 4.90 Å². The monoisotopic (exact) mass is 328 g/mol. The van der Waals surface area contributed by atoms with Gasteiger partial charge in [0.25, 0.3) is 0 Å². The average molecular weight is 329 g/mol. The van der Waals surface area contributed by atoms with Gasteiger partial charge in [0.1, 0.15) is 5.00 Å². The van der Waals surface area contributed by atoms with Gasteiger partial charge in [0.2, 0.25) is 0 Å². The van der Waals surface area contributed by atoms with Crippen LogP contribution in [0.5, 0.6) is 0 Å². The fraction of sp³-hybridized carbons (Fsp3) is 0.667. The zero-order valence-electron chi connectivity index (χ0n) is 13.0. The highest BCUT2D eigenvalue weighted by molar-refractivity contribution is 7.99. The fourth-order valence-corrected chi connectivity index (χ4v) is 4.84. The van der Waals surface area contributed by atoms with Gasteiger partial charge in [-0.1, -0.05) is 6.92 Å². The molecule has 4 nitrogen and oxygen atoms in total. The van der Waals surface area contributed by atoms with Crippen LogP contribution in [0, 0.1) is 5.92 Å². The van der Waals surface area contributed by atoms with Crippen molar-refractivity contribution in [3.8, 4) is 0 Å². The minimum Gasteiger partial charge on any atom is -0.396 e. The van der Waals surface area contributed by atoms with Crippen LogP contribution in [0.2, 0.25) is 0 Å². The van der Waals surface area contributed by atoms with Crippen molar-refractivity contribution in [2.45, 2.75) is 31.1 Å². The van der Waals surface area contributed by atoms with E-state index in [2.05, 4.69) is 11.9 Å². The number of thiophene rings is 1. The van der Waals surface area contributed by atoms with Gasteiger partial charge in [0.05, 0.1) is 22.1 Å². The Hall–Kier alpha value is -0.720. The SMILES string of the molecule is CCC(=O)c1sc(N(C)CC2CCCOC2)c(SC)c1N. The first-order chi connectivity index (χ1) is 10.1. The Morgan fingerprint density at radius 3 is 2.90 bits per heavy atom. The van der Waals surface area contributed by atoms with E-state index in [1.54, 1.807) is 11.8 Å². The molecule has 1 atom stereocenters. The summed E-state index contributed by atoms with van der Waals surface area (Å²) in [7, 11) is 2.08. The lowest BCUT2D eigenvalue weighted by atomic mass is 10.0. The van der Waals surface area contributed by atoms with Crippen LogP contribution in [0.25, 0.3) is 0 Å². The molecule has 1 fully saturated rings. The zero-order chi connectivity index (χ0) is 15.4. The van der Waals surface area contributed by atoms with Crippen molar-refractivity contribution < 1.29 is 9.53 Å². The predicted molar refractivity (Wildman–Crippen MR) is 91.9 cm³/mol. The molecule has 2 rings (SSSR count). The highest BCUT2D eigenvalue weighted by Crippen LogP contribution is 2.44. The molecule has 1 saturated heterocycles. The van der Waals surface area contributed by atoms with Gasteiger partial charge in [-0.3, -0.25) is 4.79 Å². The number of hydrogen-bond donors (Lipinski definition) is 1. The second kappa shape index (κ2) is 7.51. The van der Waals surface area contributed by atoms with Gasteiger partial charge in [-0.05, 0) is 25.0 Å². The Kier molecular flexibility index (Phi) is 5.96. The van der Waals surface area contributed by atoms with Crippen LogP contribution in [-0.4, -0.2) is 38.8 Å². The molecule has 0 radical (unpaired) electrons. The van der Waals surface area contributed by atoms with E-state index in [1.807, 2.05) is 13.2 Å². The van der Waals surface area contributed by atoms with Gasteiger partial charge in [0.15, 0.2) is 5.78 Å². The summed E-state index contributed by atoms with van der Waals surface area (Å²) in [5, 5.41) is 1.11. The quantitative estimate of drug-likeness (QED) is 0.640. The van der Waals surface area contributed by atoms with E-state index < -0.39 is 0 Å². The molecule has 1 aromatic heterocycles. The second-order valence-electron chi connectivity index (χ2n) is 5.42. The number of carbonyl (C=O) groups is 1. The molecule has 2 heterocycles. The van der Waals surface area contributed by atoms with E-state index in [0.717, 1.165) is 36.1 Å². The van der Waals surface area contributed by atoms with E-state index >= 15 is 0 Å². The Balaban J connectivity index is 2.19. The third kappa shape index (κ3) is 3.73. The number of nitrogens with two attached hydrogens (primary N) is 1. The maximum Gasteiger partial charge on any atom is 0.174 e. The first-order valence-corrected chi connectivity index (χ1v) is 9.40. The van der Waals surface area contributed by atoms with Crippen molar-refractivity contribution in [3.05, 3.63) is 4.88 Å². The summed E-state index contributed by atoms with van der Waals surface area (Å²) in [5.41, 5.74) is 6.83. The van der Waals surface area contributed by atoms with Gasteiger partial charge >= 0.3 is 0 Å². The molecule has 1 aliphatic heterocycles. The molecule has 1 aliphatic rings. The number of carbonyl (C=O) groups excluding carboxylic acids is 1. The van der Waals surface area contributed by atoms with Crippen LogP contribution >= 0.6 is 23.1 Å². The maximum atomic E-state index is 12.0. The Morgan fingerprint density at radius 2 is 2.33 bits per heavy atom. The van der Waals surface area contributed by atoms with Crippen LogP contribution in [-0.2, 0) is 4.74 Å².